The highest BCUT2D eigenvalue weighted by Gasteiger charge is 2.21. The van der Waals surface area contributed by atoms with Crippen molar-refractivity contribution in [2.45, 2.75) is 4.90 Å². The van der Waals surface area contributed by atoms with Gasteiger partial charge in [-0.25, -0.2) is 27.6 Å². The molecule has 1 saturated heterocycles. The molecule has 6 rings (SSSR count). The van der Waals surface area contributed by atoms with Gasteiger partial charge in [-0.15, -0.1) is 0 Å². The average Bonchev–Trinajstić information content (AvgIpc) is 3.07. The van der Waals surface area contributed by atoms with E-state index in [1.165, 1.54) is 17.0 Å². The van der Waals surface area contributed by atoms with E-state index < -0.39 is 21.7 Å². The lowest BCUT2D eigenvalue weighted by atomic mass is 10.0. The number of benzene rings is 4. The minimum absolute atomic E-state index is 0.142. The Balaban J connectivity index is 1.30. The van der Waals surface area contributed by atoms with E-state index in [9.17, 15) is 18.0 Å². The summed E-state index contributed by atoms with van der Waals surface area (Å²) in [5.41, 5.74) is 3.30. The molecule has 1 aliphatic heterocycles. The van der Waals surface area contributed by atoms with Gasteiger partial charge in [0.2, 0.25) is 0 Å². The Kier molecular flexibility index (Phi) is 9.07. The number of carbonyl (C=O) groups excluding carboxylic acids is 2. The number of hydrogen-bond acceptors (Lipinski definition) is 8. The molecule has 0 spiro atoms. The van der Waals surface area contributed by atoms with Crippen molar-refractivity contribution in [3.8, 4) is 22.5 Å². The van der Waals surface area contributed by atoms with Gasteiger partial charge >= 0.3 is 6.03 Å². The summed E-state index contributed by atoms with van der Waals surface area (Å²) in [6.45, 7) is 2.23. The maximum atomic E-state index is 15.7. The molecule has 0 aliphatic carbocycles. The summed E-state index contributed by atoms with van der Waals surface area (Å²) in [5, 5.41) is 6.06. The fourth-order valence-electron chi connectivity index (χ4n) is 5.36. The molecular formula is C35H33FN6O5S. The van der Waals surface area contributed by atoms with Crippen LogP contribution in [0.15, 0.2) is 89.8 Å². The molecular weight excluding hydrogens is 635 g/mol. The van der Waals surface area contributed by atoms with Gasteiger partial charge in [-0.2, -0.15) is 0 Å². The van der Waals surface area contributed by atoms with Gasteiger partial charge in [0, 0.05) is 55.8 Å². The van der Waals surface area contributed by atoms with Gasteiger partial charge in [-0.1, -0.05) is 18.2 Å². The predicted molar refractivity (Wildman–Crippen MR) is 184 cm³/mol. The molecule has 0 saturated carbocycles. The largest absolute Gasteiger partial charge is 0.378 e. The summed E-state index contributed by atoms with van der Waals surface area (Å²) in [6.07, 6.45) is 1.16. The highest BCUT2D eigenvalue weighted by atomic mass is 32.2. The van der Waals surface area contributed by atoms with Gasteiger partial charge in [0.25, 0.3) is 5.91 Å². The zero-order valence-electron chi connectivity index (χ0n) is 26.5. The van der Waals surface area contributed by atoms with Crippen LogP contribution in [0.3, 0.4) is 0 Å². The van der Waals surface area contributed by atoms with Crippen LogP contribution in [0.4, 0.5) is 26.4 Å². The molecule has 5 aromatic rings. The second kappa shape index (κ2) is 13.4. The van der Waals surface area contributed by atoms with Crippen LogP contribution < -0.4 is 15.5 Å². The molecule has 1 aliphatic rings. The van der Waals surface area contributed by atoms with Gasteiger partial charge in [-0.3, -0.25) is 4.79 Å². The number of anilines is 3. The molecule has 246 valence electrons. The number of nitrogens with one attached hydrogen (secondary N) is 2. The Morgan fingerprint density at radius 1 is 0.854 bits per heavy atom. The summed E-state index contributed by atoms with van der Waals surface area (Å²) in [5.74, 6) is -0.00149. The van der Waals surface area contributed by atoms with Crippen molar-refractivity contribution in [2.75, 3.05) is 62.2 Å². The second-order valence-electron chi connectivity index (χ2n) is 11.6. The summed E-state index contributed by atoms with van der Waals surface area (Å²) in [6, 6.07) is 22.4. The van der Waals surface area contributed by atoms with E-state index in [1.807, 2.05) is 24.3 Å². The van der Waals surface area contributed by atoms with E-state index in [2.05, 4.69) is 15.5 Å². The van der Waals surface area contributed by atoms with Crippen molar-refractivity contribution >= 4 is 49.9 Å². The molecule has 13 heteroatoms. The number of halogens is 1. The maximum absolute atomic E-state index is 15.7. The number of rotatable bonds is 7. The van der Waals surface area contributed by atoms with Gasteiger partial charge in [0.1, 0.15) is 11.6 Å². The number of nitrogens with zero attached hydrogens (tertiary/aromatic N) is 4. The predicted octanol–water partition coefficient (Wildman–Crippen LogP) is 5.69. The van der Waals surface area contributed by atoms with Crippen LogP contribution in [0.25, 0.3) is 33.4 Å². The Hall–Kier alpha value is -5.40. The molecule has 1 aromatic heterocycles. The topological polar surface area (TPSA) is 134 Å². The standard InChI is InChI=1S/C35H33FN6O5S/c1-41(2)34(43)22-7-10-25(11-8-22)37-35(44)38-26-12-14-28(30(36)21-26)32-39-31-20-24(23-5-4-6-27(19-23)48(3,45)46)9-13-29(31)33(40-32)42-15-17-47-18-16-42/h4-14,19-21H,15-18H2,1-3H3,(H2,37,38,44). The second-order valence-corrected chi connectivity index (χ2v) is 13.6. The third-order valence-electron chi connectivity index (χ3n) is 7.85. The van der Waals surface area contributed by atoms with Crippen molar-refractivity contribution in [1.82, 2.24) is 14.9 Å². The van der Waals surface area contributed by atoms with E-state index in [1.54, 1.807) is 62.6 Å². The highest BCUT2D eigenvalue weighted by Crippen LogP contribution is 2.33. The number of sulfone groups is 1. The molecule has 11 nitrogen and oxygen atoms in total. The number of fused-ring (bicyclic) bond motifs is 1. The lowest BCUT2D eigenvalue weighted by Crippen LogP contribution is -2.37. The number of aromatic nitrogens is 2. The number of urea groups is 1. The molecule has 0 radical (unpaired) electrons. The van der Waals surface area contributed by atoms with Crippen molar-refractivity contribution in [3.63, 3.8) is 0 Å². The number of hydrogen-bond donors (Lipinski definition) is 2. The van der Waals surface area contributed by atoms with Crippen LogP contribution in [-0.4, -0.2) is 81.9 Å². The molecule has 0 bridgehead atoms. The summed E-state index contributed by atoms with van der Waals surface area (Å²) in [4.78, 5) is 38.1. The third-order valence-corrected chi connectivity index (χ3v) is 8.96. The zero-order valence-corrected chi connectivity index (χ0v) is 27.3. The molecule has 3 amide bonds. The normalized spacial score (nSPS) is 13.3. The fraction of sp³-hybridized carbons (Fsp3) is 0.200. The monoisotopic (exact) mass is 668 g/mol. The van der Waals surface area contributed by atoms with Crippen molar-refractivity contribution in [2.24, 2.45) is 0 Å². The van der Waals surface area contributed by atoms with E-state index in [0.717, 1.165) is 17.2 Å². The molecule has 48 heavy (non-hydrogen) atoms. The first kappa shape index (κ1) is 32.5. The Labute approximate surface area is 277 Å². The van der Waals surface area contributed by atoms with E-state index in [4.69, 9.17) is 14.7 Å². The lowest BCUT2D eigenvalue weighted by Gasteiger charge is -2.29. The SMILES string of the molecule is CN(C)C(=O)c1ccc(NC(=O)Nc2ccc(-c3nc(N4CCOCC4)c4ccc(-c5cccc(S(C)(=O)=O)c5)cc4n3)c(F)c2)cc1. The molecule has 2 N–H and O–H groups in total. The number of carbonyl (C=O) groups is 2. The van der Waals surface area contributed by atoms with E-state index in [0.29, 0.717) is 54.5 Å². The molecule has 0 atom stereocenters. The fourth-order valence-corrected chi connectivity index (χ4v) is 6.02. The zero-order chi connectivity index (χ0) is 34.0. The van der Waals surface area contributed by atoms with Crippen LogP contribution in [0.5, 0.6) is 0 Å². The quantitative estimate of drug-likeness (QED) is 0.226. The first-order valence-electron chi connectivity index (χ1n) is 15.1. The third kappa shape index (κ3) is 7.11. The summed E-state index contributed by atoms with van der Waals surface area (Å²) < 4.78 is 45.6. The number of amides is 3. The lowest BCUT2D eigenvalue weighted by molar-refractivity contribution is 0.0827. The molecule has 1 fully saturated rings. The van der Waals surface area contributed by atoms with Crippen molar-refractivity contribution < 1.29 is 27.1 Å². The van der Waals surface area contributed by atoms with Crippen LogP contribution >= 0.6 is 0 Å². The van der Waals surface area contributed by atoms with Gasteiger partial charge < -0.3 is 25.2 Å². The van der Waals surface area contributed by atoms with Crippen LogP contribution in [0, 0.1) is 5.82 Å². The first-order valence-corrected chi connectivity index (χ1v) is 17.0. The van der Waals surface area contributed by atoms with Crippen LogP contribution in [0.2, 0.25) is 0 Å². The Morgan fingerprint density at radius 3 is 2.23 bits per heavy atom. The highest BCUT2D eigenvalue weighted by molar-refractivity contribution is 7.90. The van der Waals surface area contributed by atoms with Crippen LogP contribution in [0.1, 0.15) is 10.4 Å². The van der Waals surface area contributed by atoms with Gasteiger partial charge in [-0.05, 0) is 77.9 Å². The van der Waals surface area contributed by atoms with Crippen molar-refractivity contribution in [1.29, 1.82) is 0 Å². The van der Waals surface area contributed by atoms with E-state index >= 15 is 4.39 Å². The van der Waals surface area contributed by atoms with Gasteiger partial charge in [0.15, 0.2) is 15.7 Å². The Morgan fingerprint density at radius 2 is 1.54 bits per heavy atom. The summed E-state index contributed by atoms with van der Waals surface area (Å²) >= 11 is 0. The minimum atomic E-state index is -3.41. The smallest absolute Gasteiger partial charge is 0.323 e. The Bertz CT molecular complexity index is 2130. The van der Waals surface area contributed by atoms with Crippen LogP contribution in [-0.2, 0) is 14.6 Å². The number of morpholine rings is 1. The van der Waals surface area contributed by atoms with Gasteiger partial charge in [0.05, 0.1) is 29.2 Å². The summed E-state index contributed by atoms with van der Waals surface area (Å²) in [7, 11) is -0.0969. The molecule has 2 heterocycles. The van der Waals surface area contributed by atoms with E-state index in [-0.39, 0.29) is 27.9 Å². The average molecular weight is 669 g/mol. The molecule has 4 aromatic carbocycles. The number of ether oxygens (including phenoxy) is 1. The maximum Gasteiger partial charge on any atom is 0.323 e. The molecule has 0 unspecified atom stereocenters. The minimum Gasteiger partial charge on any atom is -0.378 e. The van der Waals surface area contributed by atoms with Crippen molar-refractivity contribution in [3.05, 3.63) is 96.3 Å². The first-order chi connectivity index (χ1) is 23.0.